The lowest BCUT2D eigenvalue weighted by molar-refractivity contribution is -0.152. The Hall–Kier alpha value is -3.04. The molecule has 0 radical (unpaired) electrons. The first-order chi connectivity index (χ1) is 18.0. The van der Waals surface area contributed by atoms with Gasteiger partial charge in [0.15, 0.2) is 0 Å². The number of rotatable bonds is 13. The molecule has 1 aromatic heterocycles. The van der Waals surface area contributed by atoms with E-state index in [1.807, 2.05) is 0 Å². The molecule has 1 unspecified atom stereocenters. The highest BCUT2D eigenvalue weighted by Gasteiger charge is 2.41. The third kappa shape index (κ3) is 7.51. The molecule has 3 rings (SSSR count). The van der Waals surface area contributed by atoms with Crippen molar-refractivity contribution in [3.8, 4) is 5.75 Å². The fraction of sp³-hybridized carbons (Fsp3) is 0.333. The van der Waals surface area contributed by atoms with E-state index in [9.17, 15) is 14.2 Å². The summed E-state index contributed by atoms with van der Waals surface area (Å²) in [5, 5.41) is 3.12. The van der Waals surface area contributed by atoms with Crippen LogP contribution in [-0.2, 0) is 23.6 Å². The van der Waals surface area contributed by atoms with E-state index in [2.05, 4.69) is 11.7 Å². The Morgan fingerprint density at radius 3 is 2.53 bits per heavy atom. The number of para-hydroxylation sites is 1. The van der Waals surface area contributed by atoms with E-state index in [0.717, 1.165) is 4.70 Å². The second-order valence-electron chi connectivity index (χ2n) is 9.05. The van der Waals surface area contributed by atoms with Gasteiger partial charge >= 0.3 is 19.5 Å². The third-order valence-corrected chi connectivity index (χ3v) is 8.69. The summed E-state index contributed by atoms with van der Waals surface area (Å²) in [4.78, 5) is 25.2. The van der Waals surface area contributed by atoms with Gasteiger partial charge in [0.25, 0.3) is 0 Å². The number of ether oxygens (including phenoxy) is 3. The molecule has 0 saturated heterocycles. The van der Waals surface area contributed by atoms with E-state index in [1.54, 1.807) is 44.2 Å². The molecule has 3 atom stereocenters. The second-order valence-corrected chi connectivity index (χ2v) is 12.2. The summed E-state index contributed by atoms with van der Waals surface area (Å²) in [5.74, 6) is -3.24. The molecule has 0 amide bonds. The van der Waals surface area contributed by atoms with Gasteiger partial charge in [-0.15, -0.1) is 11.3 Å². The minimum Gasteiger partial charge on any atom is -0.461 e. The fourth-order valence-electron chi connectivity index (χ4n) is 3.24. The molecule has 2 aromatic carbocycles. The van der Waals surface area contributed by atoms with Crippen molar-refractivity contribution in [1.82, 2.24) is 5.09 Å². The number of nitrogens with one attached hydrogen (secondary N) is 1. The van der Waals surface area contributed by atoms with E-state index in [4.69, 9.17) is 18.7 Å². The van der Waals surface area contributed by atoms with Crippen LogP contribution in [-0.4, -0.2) is 43.9 Å². The molecule has 1 heterocycles. The number of hydrogen-bond acceptors (Lipinski definition) is 8. The first-order valence-electron chi connectivity index (χ1n) is 11.8. The first kappa shape index (κ1) is 29.5. The summed E-state index contributed by atoms with van der Waals surface area (Å²) in [5.41, 5.74) is -0.677. The van der Waals surface area contributed by atoms with Crippen LogP contribution in [0, 0.1) is 0 Å². The number of halogens is 1. The van der Waals surface area contributed by atoms with Crippen LogP contribution in [0.25, 0.3) is 10.1 Å². The summed E-state index contributed by atoms with van der Waals surface area (Å²) in [6.45, 7) is 8.43. The molecular weight excluding hydrogens is 532 g/mol. The van der Waals surface area contributed by atoms with Crippen LogP contribution in [0.1, 0.15) is 41.9 Å². The van der Waals surface area contributed by atoms with Crippen LogP contribution in [0.4, 0.5) is 4.39 Å². The van der Waals surface area contributed by atoms with Crippen molar-refractivity contribution >= 4 is 40.9 Å². The number of carbonyl (C=O) groups excluding carboxylic acids is 2. The summed E-state index contributed by atoms with van der Waals surface area (Å²) in [6, 6.07) is 13.1. The monoisotopic (exact) mass is 563 g/mol. The molecule has 0 fully saturated rings. The number of hydrogen-bond donors (Lipinski definition) is 1. The zero-order chi connectivity index (χ0) is 27.9. The molecule has 0 aliphatic carbocycles. The van der Waals surface area contributed by atoms with Crippen molar-refractivity contribution in [2.75, 3.05) is 20.3 Å². The molecule has 1 N–H and O–H groups in total. The number of methoxy groups -OCH3 is 1. The maximum Gasteiger partial charge on any atom is 0.355 e. The van der Waals surface area contributed by atoms with Gasteiger partial charge in [-0.2, -0.15) is 0 Å². The topological polar surface area (TPSA) is 100 Å². The van der Waals surface area contributed by atoms with Crippen LogP contribution in [0.5, 0.6) is 5.75 Å². The minimum atomic E-state index is -4.39. The lowest BCUT2D eigenvalue weighted by atomic mass is 10.1. The SMILES string of the molecule is C=CCOC(=O)c1cc2cc([C@H](F)P(=O)(N[C@@H](C)C(=O)OCC(C)(C)OC)Oc3ccccc3)ccc2s1. The van der Waals surface area contributed by atoms with Crippen LogP contribution in [0.3, 0.4) is 0 Å². The van der Waals surface area contributed by atoms with Gasteiger partial charge in [-0.05, 0) is 62.1 Å². The highest BCUT2D eigenvalue weighted by Crippen LogP contribution is 2.58. The number of alkyl halides is 1. The number of esters is 2. The van der Waals surface area contributed by atoms with Gasteiger partial charge in [-0.1, -0.05) is 36.9 Å². The van der Waals surface area contributed by atoms with Crippen LogP contribution >= 0.6 is 18.9 Å². The number of fused-ring (bicyclic) bond motifs is 1. The zero-order valence-electron chi connectivity index (χ0n) is 21.6. The number of benzene rings is 2. The van der Waals surface area contributed by atoms with Gasteiger partial charge in [0.2, 0.25) is 5.91 Å². The van der Waals surface area contributed by atoms with Crippen LogP contribution in [0.15, 0.2) is 67.3 Å². The smallest absolute Gasteiger partial charge is 0.355 e. The van der Waals surface area contributed by atoms with Gasteiger partial charge in [-0.3, -0.25) is 9.36 Å². The van der Waals surface area contributed by atoms with Gasteiger partial charge in [0.05, 0.1) is 5.60 Å². The summed E-state index contributed by atoms with van der Waals surface area (Å²) >= 11 is 1.19. The molecule has 0 bridgehead atoms. The van der Waals surface area contributed by atoms with E-state index >= 15 is 4.39 Å². The van der Waals surface area contributed by atoms with Crippen LogP contribution in [0.2, 0.25) is 0 Å². The Morgan fingerprint density at radius 1 is 1.16 bits per heavy atom. The molecule has 11 heteroatoms. The van der Waals surface area contributed by atoms with Crippen LogP contribution < -0.4 is 9.61 Å². The van der Waals surface area contributed by atoms with Crippen molar-refractivity contribution in [3.05, 3.63) is 77.7 Å². The maximum atomic E-state index is 16.1. The lowest BCUT2D eigenvalue weighted by Gasteiger charge is -2.27. The second kappa shape index (κ2) is 12.7. The van der Waals surface area contributed by atoms with Crippen molar-refractivity contribution < 1.29 is 37.3 Å². The average molecular weight is 564 g/mol. The van der Waals surface area contributed by atoms with Crippen molar-refractivity contribution in [1.29, 1.82) is 0 Å². The predicted octanol–water partition coefficient (Wildman–Crippen LogP) is 6.43. The third-order valence-electron chi connectivity index (χ3n) is 5.47. The molecular formula is C27H31FNO7PS. The lowest BCUT2D eigenvalue weighted by Crippen LogP contribution is -2.38. The Bertz CT molecular complexity index is 1330. The quantitative estimate of drug-likeness (QED) is 0.144. The van der Waals surface area contributed by atoms with E-state index in [1.165, 1.54) is 55.7 Å². The summed E-state index contributed by atoms with van der Waals surface area (Å²) in [6.07, 6.45) is 1.46. The van der Waals surface area contributed by atoms with Crippen molar-refractivity contribution in [2.24, 2.45) is 0 Å². The highest BCUT2D eigenvalue weighted by molar-refractivity contribution is 7.57. The molecule has 0 aliphatic heterocycles. The van der Waals surface area contributed by atoms with Crippen molar-refractivity contribution in [2.45, 2.75) is 38.3 Å². The highest BCUT2D eigenvalue weighted by atomic mass is 32.1. The maximum absolute atomic E-state index is 16.1. The van der Waals surface area contributed by atoms with Gasteiger partial charge in [0, 0.05) is 11.8 Å². The van der Waals surface area contributed by atoms with Gasteiger partial charge in [-0.25, -0.2) is 14.3 Å². The Morgan fingerprint density at radius 2 is 1.87 bits per heavy atom. The molecule has 8 nitrogen and oxygen atoms in total. The van der Waals surface area contributed by atoms with E-state index < -0.39 is 37.0 Å². The summed E-state index contributed by atoms with van der Waals surface area (Å²) < 4.78 is 52.0. The Labute approximate surface area is 225 Å². The molecule has 0 spiro atoms. The average Bonchev–Trinajstić information content (AvgIpc) is 3.34. The fourth-order valence-corrected chi connectivity index (χ4v) is 6.09. The van der Waals surface area contributed by atoms with Gasteiger partial charge < -0.3 is 18.7 Å². The zero-order valence-corrected chi connectivity index (χ0v) is 23.4. The largest absolute Gasteiger partial charge is 0.461 e. The first-order valence-corrected chi connectivity index (χ1v) is 14.3. The van der Waals surface area contributed by atoms with Crippen molar-refractivity contribution in [3.63, 3.8) is 0 Å². The summed E-state index contributed by atoms with van der Waals surface area (Å²) in [7, 11) is -2.90. The molecule has 3 aromatic rings. The Balaban J connectivity index is 1.88. The van der Waals surface area contributed by atoms with E-state index in [-0.39, 0.29) is 24.5 Å². The predicted molar refractivity (Wildman–Crippen MR) is 145 cm³/mol. The number of carbonyl (C=O) groups is 2. The number of thiophene rings is 1. The van der Waals surface area contributed by atoms with E-state index in [0.29, 0.717) is 10.3 Å². The molecule has 0 aliphatic rings. The molecule has 204 valence electrons. The standard InChI is InChI=1S/C27H31FNO7PS/c1-6-14-34-26(31)23-16-20-15-19(12-13-22(20)38-23)24(28)37(32,36-21-10-8-7-9-11-21)29-18(2)25(30)35-17-27(3,4)33-5/h6-13,15-16,18,24H,1,14,17H2,2-5H3,(H,29,32)/t18-,24+,37?/m0/s1. The normalized spacial score (nSPS) is 14.8. The van der Waals surface area contributed by atoms with Gasteiger partial charge in [0.1, 0.15) is 29.9 Å². The molecule has 0 saturated carbocycles. The Kier molecular flexibility index (Phi) is 9.84. The molecule has 38 heavy (non-hydrogen) atoms. The minimum absolute atomic E-state index is 0.0501.